The van der Waals surface area contributed by atoms with Crippen LogP contribution in [0.5, 0.6) is 5.75 Å². The molecule has 1 amide bonds. The molecule has 5 atom stereocenters. The molecule has 0 heterocycles. The van der Waals surface area contributed by atoms with E-state index in [0.29, 0.717) is 24.1 Å². The van der Waals surface area contributed by atoms with Gasteiger partial charge >= 0.3 is 0 Å². The van der Waals surface area contributed by atoms with Gasteiger partial charge in [-0.3, -0.25) is 4.79 Å². The zero-order valence-electron chi connectivity index (χ0n) is 12.8. The lowest BCUT2D eigenvalue weighted by Crippen LogP contribution is -2.47. The molecule has 4 nitrogen and oxygen atoms in total. The number of amides is 1. The molecule has 3 N–H and O–H groups in total. The Labute approximate surface area is 130 Å². The van der Waals surface area contributed by atoms with Crippen molar-refractivity contribution in [2.45, 2.75) is 38.3 Å². The number of carbonyl (C=O) groups is 1. The number of nitrogens with one attached hydrogen (secondary N) is 1. The van der Waals surface area contributed by atoms with E-state index in [9.17, 15) is 9.18 Å². The molecule has 22 heavy (non-hydrogen) atoms. The Morgan fingerprint density at radius 1 is 1.36 bits per heavy atom. The summed E-state index contributed by atoms with van der Waals surface area (Å²) >= 11 is 0. The Kier molecular flexibility index (Phi) is 4.34. The van der Waals surface area contributed by atoms with E-state index in [1.807, 2.05) is 6.92 Å². The SMILES string of the molecule is CC(CNC(=O)C1C2CCC(C2)C1N)Oc1ccc(F)cc1. The molecule has 2 aliphatic carbocycles. The fourth-order valence-electron chi connectivity index (χ4n) is 3.87. The molecule has 5 heteroatoms. The lowest BCUT2D eigenvalue weighted by molar-refractivity contribution is -0.127. The quantitative estimate of drug-likeness (QED) is 0.875. The van der Waals surface area contributed by atoms with E-state index in [4.69, 9.17) is 10.5 Å². The molecular weight excluding hydrogens is 283 g/mol. The largest absolute Gasteiger partial charge is 0.489 e. The van der Waals surface area contributed by atoms with E-state index in [0.717, 1.165) is 12.8 Å². The normalized spacial score (nSPS) is 31.0. The van der Waals surface area contributed by atoms with E-state index < -0.39 is 0 Å². The summed E-state index contributed by atoms with van der Waals surface area (Å²) < 4.78 is 18.5. The van der Waals surface area contributed by atoms with Gasteiger partial charge in [0.2, 0.25) is 5.91 Å². The Morgan fingerprint density at radius 3 is 2.68 bits per heavy atom. The highest BCUT2D eigenvalue weighted by Gasteiger charge is 2.48. The molecule has 0 spiro atoms. The Balaban J connectivity index is 1.47. The number of ether oxygens (including phenoxy) is 1. The maximum atomic E-state index is 12.8. The van der Waals surface area contributed by atoms with Crippen LogP contribution in [0.3, 0.4) is 0 Å². The van der Waals surface area contributed by atoms with Crippen LogP contribution >= 0.6 is 0 Å². The molecule has 0 radical (unpaired) electrons. The second-order valence-electron chi connectivity index (χ2n) is 6.56. The van der Waals surface area contributed by atoms with Gasteiger partial charge in [0, 0.05) is 6.04 Å². The lowest BCUT2D eigenvalue weighted by atomic mass is 9.84. The fourth-order valence-corrected chi connectivity index (χ4v) is 3.87. The minimum absolute atomic E-state index is 0.00655. The Hall–Kier alpha value is -1.62. The van der Waals surface area contributed by atoms with Crippen LogP contribution in [0.4, 0.5) is 4.39 Å². The molecule has 2 fully saturated rings. The zero-order chi connectivity index (χ0) is 15.7. The number of halogens is 1. The highest BCUT2D eigenvalue weighted by Crippen LogP contribution is 2.47. The predicted molar refractivity (Wildman–Crippen MR) is 81.8 cm³/mol. The van der Waals surface area contributed by atoms with Crippen LogP contribution in [0, 0.1) is 23.6 Å². The second kappa shape index (κ2) is 6.24. The van der Waals surface area contributed by atoms with Gasteiger partial charge in [0.1, 0.15) is 17.7 Å². The van der Waals surface area contributed by atoms with Crippen molar-refractivity contribution in [3.8, 4) is 5.75 Å². The van der Waals surface area contributed by atoms with Gasteiger partial charge in [0.15, 0.2) is 0 Å². The van der Waals surface area contributed by atoms with Crippen molar-refractivity contribution in [1.29, 1.82) is 0 Å². The number of benzene rings is 1. The first-order chi connectivity index (χ1) is 10.5. The standard InChI is InChI=1S/C17H23FN2O2/c1-10(22-14-6-4-13(18)5-7-14)9-20-17(21)15-11-2-3-12(8-11)16(15)19/h4-7,10-12,15-16H,2-3,8-9,19H2,1H3,(H,20,21). The fraction of sp³-hybridized carbons (Fsp3) is 0.588. The number of rotatable bonds is 5. The summed E-state index contributed by atoms with van der Waals surface area (Å²) in [4.78, 5) is 12.4. The van der Waals surface area contributed by atoms with E-state index in [-0.39, 0.29) is 29.8 Å². The molecule has 1 aromatic rings. The van der Waals surface area contributed by atoms with Crippen molar-refractivity contribution in [3.63, 3.8) is 0 Å². The number of nitrogens with two attached hydrogens (primary N) is 1. The molecule has 0 saturated heterocycles. The maximum Gasteiger partial charge on any atom is 0.225 e. The van der Waals surface area contributed by atoms with Crippen molar-refractivity contribution in [1.82, 2.24) is 5.32 Å². The number of fused-ring (bicyclic) bond motifs is 2. The summed E-state index contributed by atoms with van der Waals surface area (Å²) in [5.74, 6) is 1.28. The van der Waals surface area contributed by atoms with E-state index >= 15 is 0 Å². The number of carbonyl (C=O) groups excluding carboxylic acids is 1. The Morgan fingerprint density at radius 2 is 2.05 bits per heavy atom. The van der Waals surface area contributed by atoms with Crippen LogP contribution in [0.25, 0.3) is 0 Å². The first-order valence-electron chi connectivity index (χ1n) is 8.00. The van der Waals surface area contributed by atoms with E-state index in [1.165, 1.54) is 18.6 Å². The summed E-state index contributed by atoms with van der Waals surface area (Å²) in [5.41, 5.74) is 6.18. The highest BCUT2D eigenvalue weighted by atomic mass is 19.1. The van der Waals surface area contributed by atoms with Gasteiger partial charge in [-0.1, -0.05) is 0 Å². The minimum atomic E-state index is -0.293. The van der Waals surface area contributed by atoms with Crippen molar-refractivity contribution in [2.24, 2.45) is 23.5 Å². The van der Waals surface area contributed by atoms with Gasteiger partial charge in [0.25, 0.3) is 0 Å². The molecule has 0 aliphatic heterocycles. The van der Waals surface area contributed by atoms with Crippen molar-refractivity contribution < 1.29 is 13.9 Å². The number of hydrogen-bond donors (Lipinski definition) is 2. The third kappa shape index (κ3) is 3.09. The highest BCUT2D eigenvalue weighted by molar-refractivity contribution is 5.80. The van der Waals surface area contributed by atoms with Crippen LogP contribution in [-0.4, -0.2) is 24.6 Å². The summed E-state index contributed by atoms with van der Waals surface area (Å²) in [5, 5.41) is 2.95. The smallest absolute Gasteiger partial charge is 0.225 e. The van der Waals surface area contributed by atoms with Gasteiger partial charge in [-0.15, -0.1) is 0 Å². The molecule has 2 bridgehead atoms. The first-order valence-corrected chi connectivity index (χ1v) is 8.00. The molecule has 2 saturated carbocycles. The second-order valence-corrected chi connectivity index (χ2v) is 6.56. The Bertz CT molecular complexity index is 532. The van der Waals surface area contributed by atoms with E-state index in [2.05, 4.69) is 5.32 Å². The summed E-state index contributed by atoms with van der Waals surface area (Å²) in [6.07, 6.45) is 3.21. The first kappa shape index (κ1) is 15.3. The van der Waals surface area contributed by atoms with Gasteiger partial charge < -0.3 is 15.8 Å². The monoisotopic (exact) mass is 306 g/mol. The lowest BCUT2D eigenvalue weighted by Gasteiger charge is -2.27. The van der Waals surface area contributed by atoms with Gasteiger partial charge in [-0.05, 0) is 62.3 Å². The summed E-state index contributed by atoms with van der Waals surface area (Å²) in [6.45, 7) is 2.31. The van der Waals surface area contributed by atoms with Crippen LogP contribution in [0.1, 0.15) is 26.2 Å². The summed E-state index contributed by atoms with van der Waals surface area (Å²) in [7, 11) is 0. The summed E-state index contributed by atoms with van der Waals surface area (Å²) in [6, 6.07) is 5.88. The third-order valence-corrected chi connectivity index (χ3v) is 5.00. The van der Waals surface area contributed by atoms with Gasteiger partial charge in [-0.2, -0.15) is 0 Å². The number of hydrogen-bond acceptors (Lipinski definition) is 3. The molecule has 5 unspecified atom stereocenters. The maximum absolute atomic E-state index is 12.8. The average Bonchev–Trinajstić information content (AvgIpc) is 3.08. The predicted octanol–water partition coefficient (Wildman–Crippen LogP) is 2.08. The van der Waals surface area contributed by atoms with Crippen LogP contribution in [-0.2, 0) is 4.79 Å². The molecule has 2 aliphatic rings. The molecule has 3 rings (SSSR count). The van der Waals surface area contributed by atoms with Crippen LogP contribution in [0.2, 0.25) is 0 Å². The van der Waals surface area contributed by atoms with Gasteiger partial charge in [0.05, 0.1) is 12.5 Å². The minimum Gasteiger partial charge on any atom is -0.489 e. The van der Waals surface area contributed by atoms with Crippen LogP contribution in [0.15, 0.2) is 24.3 Å². The molecule has 0 aromatic heterocycles. The zero-order valence-corrected chi connectivity index (χ0v) is 12.8. The molecule has 120 valence electrons. The van der Waals surface area contributed by atoms with Gasteiger partial charge in [-0.25, -0.2) is 4.39 Å². The van der Waals surface area contributed by atoms with Crippen LogP contribution < -0.4 is 15.8 Å². The van der Waals surface area contributed by atoms with E-state index in [1.54, 1.807) is 12.1 Å². The van der Waals surface area contributed by atoms with Crippen molar-refractivity contribution in [3.05, 3.63) is 30.1 Å². The average molecular weight is 306 g/mol. The van der Waals surface area contributed by atoms with Crippen molar-refractivity contribution in [2.75, 3.05) is 6.54 Å². The molecular formula is C17H23FN2O2. The molecule has 1 aromatic carbocycles. The third-order valence-electron chi connectivity index (χ3n) is 5.00. The van der Waals surface area contributed by atoms with Crippen molar-refractivity contribution >= 4 is 5.91 Å². The topological polar surface area (TPSA) is 64.4 Å².